The lowest BCUT2D eigenvalue weighted by atomic mass is 10.2. The maximum Gasteiger partial charge on any atom is 0.248 e. The van der Waals surface area contributed by atoms with Gasteiger partial charge in [-0.1, -0.05) is 0 Å². The van der Waals surface area contributed by atoms with E-state index in [9.17, 15) is 4.79 Å². The average Bonchev–Trinajstić information content (AvgIpc) is 2.84. The van der Waals surface area contributed by atoms with Gasteiger partial charge in [0.25, 0.3) is 0 Å². The minimum atomic E-state index is -0.469. The number of anilines is 1. The van der Waals surface area contributed by atoms with E-state index < -0.39 is 5.91 Å². The first-order valence-electron chi connectivity index (χ1n) is 5.51. The maximum absolute atomic E-state index is 11.0. The summed E-state index contributed by atoms with van der Waals surface area (Å²) in [6.45, 7) is 0. The molecule has 0 saturated carbocycles. The molecule has 7 heteroatoms. The molecule has 4 N–H and O–H groups in total. The van der Waals surface area contributed by atoms with Crippen LogP contribution >= 0.6 is 0 Å². The van der Waals surface area contributed by atoms with Crippen molar-refractivity contribution >= 4 is 22.8 Å². The van der Waals surface area contributed by atoms with Gasteiger partial charge in [-0.2, -0.15) is 5.10 Å². The van der Waals surface area contributed by atoms with Crippen molar-refractivity contribution in [2.75, 3.05) is 5.73 Å². The fourth-order valence-corrected chi connectivity index (χ4v) is 1.82. The van der Waals surface area contributed by atoms with Crippen LogP contribution in [0.2, 0.25) is 0 Å². The van der Waals surface area contributed by atoms with E-state index in [0.29, 0.717) is 22.4 Å². The highest BCUT2D eigenvalue weighted by molar-refractivity contribution is 5.93. The molecule has 94 valence electrons. The molecule has 1 aromatic carbocycles. The second-order valence-electron chi connectivity index (χ2n) is 3.96. The molecule has 0 radical (unpaired) electrons. The van der Waals surface area contributed by atoms with Crippen LogP contribution in [0.3, 0.4) is 0 Å². The zero-order valence-electron chi connectivity index (χ0n) is 9.82. The van der Waals surface area contributed by atoms with Crippen LogP contribution < -0.4 is 11.5 Å². The molecule has 2 aromatic heterocycles. The molecule has 0 aliphatic rings. The third-order valence-corrected chi connectivity index (χ3v) is 2.79. The lowest BCUT2D eigenvalue weighted by molar-refractivity contribution is 0.100. The lowest BCUT2D eigenvalue weighted by Gasteiger charge is -2.03. The highest BCUT2D eigenvalue weighted by Crippen LogP contribution is 2.19. The zero-order valence-corrected chi connectivity index (χ0v) is 9.82. The number of hydrogen-bond acceptors (Lipinski definition) is 5. The Balaban J connectivity index is 2.14. The first kappa shape index (κ1) is 11.1. The fourth-order valence-electron chi connectivity index (χ4n) is 1.82. The highest BCUT2D eigenvalue weighted by Gasteiger charge is 2.09. The molecule has 0 spiro atoms. The number of rotatable bonds is 2. The number of primary amides is 1. The number of fused-ring (bicyclic) bond motifs is 1. The first-order valence-corrected chi connectivity index (χ1v) is 5.51. The SMILES string of the molecule is NC(=O)c1ccc(-n2ncc3c(N)ncnc32)cc1. The van der Waals surface area contributed by atoms with Gasteiger partial charge in [-0.05, 0) is 24.3 Å². The largest absolute Gasteiger partial charge is 0.383 e. The Morgan fingerprint density at radius 1 is 1.16 bits per heavy atom. The lowest BCUT2D eigenvalue weighted by Crippen LogP contribution is -2.10. The standard InChI is InChI=1S/C12H10N6O/c13-10-9-5-17-18(12(9)16-6-15-10)8-3-1-7(2-4-8)11(14)19/h1-6H,(H2,14,19)(H2,13,15,16). The summed E-state index contributed by atoms with van der Waals surface area (Å²) in [6.07, 6.45) is 2.99. The highest BCUT2D eigenvalue weighted by atomic mass is 16.1. The van der Waals surface area contributed by atoms with E-state index in [4.69, 9.17) is 11.5 Å². The predicted octanol–water partition coefficient (Wildman–Crippen LogP) is 0.497. The summed E-state index contributed by atoms with van der Waals surface area (Å²) in [7, 11) is 0. The number of benzene rings is 1. The number of aromatic nitrogens is 4. The third kappa shape index (κ3) is 1.77. The van der Waals surface area contributed by atoms with Crippen LogP contribution in [-0.4, -0.2) is 25.7 Å². The van der Waals surface area contributed by atoms with E-state index in [0.717, 1.165) is 5.69 Å². The number of carbonyl (C=O) groups excluding carboxylic acids is 1. The molecule has 1 amide bonds. The van der Waals surface area contributed by atoms with Crippen molar-refractivity contribution in [1.29, 1.82) is 0 Å². The predicted molar refractivity (Wildman–Crippen MR) is 69.6 cm³/mol. The molecule has 0 aliphatic heterocycles. The van der Waals surface area contributed by atoms with Crippen LogP contribution in [-0.2, 0) is 0 Å². The molecule has 0 bridgehead atoms. The first-order chi connectivity index (χ1) is 9.16. The molecular formula is C12H10N6O. The Morgan fingerprint density at radius 2 is 1.89 bits per heavy atom. The van der Waals surface area contributed by atoms with Gasteiger partial charge in [0, 0.05) is 5.56 Å². The third-order valence-electron chi connectivity index (χ3n) is 2.79. The summed E-state index contributed by atoms with van der Waals surface area (Å²) in [6, 6.07) is 6.75. The topological polar surface area (TPSA) is 113 Å². The summed E-state index contributed by atoms with van der Waals surface area (Å²) in [5.41, 5.74) is 12.8. The summed E-state index contributed by atoms with van der Waals surface area (Å²) < 4.78 is 1.62. The average molecular weight is 254 g/mol. The molecule has 7 nitrogen and oxygen atoms in total. The molecule has 19 heavy (non-hydrogen) atoms. The molecule has 0 saturated heterocycles. The van der Waals surface area contributed by atoms with Crippen LogP contribution in [0.4, 0.5) is 5.82 Å². The summed E-state index contributed by atoms with van der Waals surface area (Å²) >= 11 is 0. The van der Waals surface area contributed by atoms with E-state index >= 15 is 0 Å². The van der Waals surface area contributed by atoms with E-state index in [2.05, 4.69) is 15.1 Å². The van der Waals surface area contributed by atoms with Crippen molar-refractivity contribution < 1.29 is 4.79 Å². The molecule has 0 unspecified atom stereocenters. The molecule has 2 heterocycles. The number of hydrogen-bond donors (Lipinski definition) is 2. The van der Waals surface area contributed by atoms with Crippen molar-refractivity contribution in [3.05, 3.63) is 42.4 Å². The van der Waals surface area contributed by atoms with Gasteiger partial charge in [0.2, 0.25) is 5.91 Å². The van der Waals surface area contributed by atoms with Crippen molar-refractivity contribution in [3.63, 3.8) is 0 Å². The van der Waals surface area contributed by atoms with Crippen molar-refractivity contribution in [3.8, 4) is 5.69 Å². The van der Waals surface area contributed by atoms with Crippen LogP contribution in [0.5, 0.6) is 0 Å². The van der Waals surface area contributed by atoms with E-state index in [-0.39, 0.29) is 0 Å². The molecular weight excluding hydrogens is 244 g/mol. The Labute approximate surface area is 107 Å². The number of amides is 1. The Morgan fingerprint density at radius 3 is 2.58 bits per heavy atom. The summed E-state index contributed by atoms with van der Waals surface area (Å²) in [5, 5.41) is 4.90. The van der Waals surface area contributed by atoms with Gasteiger partial charge in [-0.25, -0.2) is 14.6 Å². The van der Waals surface area contributed by atoms with Crippen molar-refractivity contribution in [1.82, 2.24) is 19.7 Å². The van der Waals surface area contributed by atoms with Crippen molar-refractivity contribution in [2.45, 2.75) is 0 Å². The van der Waals surface area contributed by atoms with Gasteiger partial charge in [-0.15, -0.1) is 0 Å². The number of nitrogens with two attached hydrogens (primary N) is 2. The normalized spacial score (nSPS) is 10.7. The maximum atomic E-state index is 11.0. The second-order valence-corrected chi connectivity index (χ2v) is 3.96. The minimum Gasteiger partial charge on any atom is -0.383 e. The van der Waals surface area contributed by atoms with Gasteiger partial charge in [0.15, 0.2) is 5.65 Å². The summed E-state index contributed by atoms with van der Waals surface area (Å²) in [5.74, 6) is -0.0894. The Kier molecular flexibility index (Phi) is 2.38. The Bertz CT molecular complexity index is 761. The smallest absolute Gasteiger partial charge is 0.248 e. The Hall–Kier alpha value is -2.96. The molecule has 3 rings (SSSR count). The zero-order chi connectivity index (χ0) is 13.4. The van der Waals surface area contributed by atoms with E-state index in [1.54, 1.807) is 35.1 Å². The van der Waals surface area contributed by atoms with Gasteiger partial charge in [0.05, 0.1) is 17.3 Å². The van der Waals surface area contributed by atoms with E-state index in [1.807, 2.05) is 0 Å². The van der Waals surface area contributed by atoms with Gasteiger partial charge >= 0.3 is 0 Å². The summed E-state index contributed by atoms with van der Waals surface area (Å²) in [4.78, 5) is 19.1. The molecule has 3 aromatic rings. The fraction of sp³-hybridized carbons (Fsp3) is 0. The monoisotopic (exact) mass is 254 g/mol. The number of nitrogens with zero attached hydrogens (tertiary/aromatic N) is 4. The van der Waals surface area contributed by atoms with Crippen LogP contribution in [0.1, 0.15) is 10.4 Å². The van der Waals surface area contributed by atoms with Crippen molar-refractivity contribution in [2.24, 2.45) is 5.73 Å². The van der Waals surface area contributed by atoms with Gasteiger partial charge < -0.3 is 11.5 Å². The van der Waals surface area contributed by atoms with Crippen LogP contribution in [0.15, 0.2) is 36.8 Å². The van der Waals surface area contributed by atoms with Gasteiger partial charge in [-0.3, -0.25) is 4.79 Å². The second kappa shape index (κ2) is 4.05. The van der Waals surface area contributed by atoms with Gasteiger partial charge in [0.1, 0.15) is 12.1 Å². The van der Waals surface area contributed by atoms with E-state index in [1.165, 1.54) is 6.33 Å². The molecule has 0 aliphatic carbocycles. The molecule has 0 atom stereocenters. The number of nitrogen functional groups attached to an aromatic ring is 1. The molecule has 0 fully saturated rings. The number of carbonyl (C=O) groups is 1. The minimum absolute atomic E-state index is 0.380. The van der Waals surface area contributed by atoms with Crippen LogP contribution in [0, 0.1) is 0 Å². The quantitative estimate of drug-likeness (QED) is 0.691. The van der Waals surface area contributed by atoms with Crippen LogP contribution in [0.25, 0.3) is 16.7 Å².